The molecule has 32 heavy (non-hydrogen) atoms. The third-order valence-corrected chi connectivity index (χ3v) is 6.72. The van der Waals surface area contributed by atoms with E-state index in [9.17, 15) is 0 Å². The van der Waals surface area contributed by atoms with Crippen LogP contribution in [0.15, 0.2) is 48.1 Å². The first-order chi connectivity index (χ1) is 15.8. The standard InChI is InChI=1S/C26H27N3O2S/c1-3-30-22-12-11-20(14-23(22)31-4-2)29-25-24-21(15-32-26(24)28-16-27-25)19-10-9-17-7-5-6-8-18(17)13-19/h9-16H,3-8H2,1-2H3,(H,27,28,29). The molecule has 6 heteroatoms. The third kappa shape index (κ3) is 4.02. The van der Waals surface area contributed by atoms with Crippen molar-refractivity contribution in [3.05, 3.63) is 59.2 Å². The lowest BCUT2D eigenvalue weighted by Gasteiger charge is -2.17. The summed E-state index contributed by atoms with van der Waals surface area (Å²) in [5, 5.41) is 6.74. The molecule has 0 spiro atoms. The van der Waals surface area contributed by atoms with Crippen molar-refractivity contribution in [1.29, 1.82) is 0 Å². The second kappa shape index (κ2) is 9.17. The second-order valence-electron chi connectivity index (χ2n) is 7.89. The van der Waals surface area contributed by atoms with E-state index in [1.165, 1.54) is 47.9 Å². The van der Waals surface area contributed by atoms with Crippen LogP contribution in [0.5, 0.6) is 11.5 Å². The van der Waals surface area contributed by atoms with Crippen molar-refractivity contribution >= 4 is 33.1 Å². The minimum Gasteiger partial charge on any atom is -0.490 e. The molecule has 4 aromatic rings. The van der Waals surface area contributed by atoms with Gasteiger partial charge in [0.25, 0.3) is 0 Å². The molecule has 1 aliphatic carbocycles. The molecular formula is C26H27N3O2S. The number of aromatic nitrogens is 2. The number of thiophene rings is 1. The zero-order chi connectivity index (χ0) is 21.9. The van der Waals surface area contributed by atoms with Gasteiger partial charge in [-0.2, -0.15) is 0 Å². The SMILES string of the molecule is CCOc1ccc(Nc2ncnc3scc(-c4ccc5c(c4)CCCC5)c23)cc1OCC. The highest BCUT2D eigenvalue weighted by Crippen LogP contribution is 2.39. The Morgan fingerprint density at radius 1 is 0.906 bits per heavy atom. The quantitative estimate of drug-likeness (QED) is 0.340. The van der Waals surface area contributed by atoms with Crippen LogP contribution in [-0.4, -0.2) is 23.2 Å². The van der Waals surface area contributed by atoms with Gasteiger partial charge in [0.15, 0.2) is 11.5 Å². The highest BCUT2D eigenvalue weighted by atomic mass is 32.1. The van der Waals surface area contributed by atoms with Crippen LogP contribution in [0.2, 0.25) is 0 Å². The summed E-state index contributed by atoms with van der Waals surface area (Å²) in [6.45, 7) is 5.12. The van der Waals surface area contributed by atoms with Crippen LogP contribution in [-0.2, 0) is 12.8 Å². The fraction of sp³-hybridized carbons (Fsp3) is 0.308. The highest BCUT2D eigenvalue weighted by molar-refractivity contribution is 7.17. The van der Waals surface area contributed by atoms with Crippen molar-refractivity contribution in [3.63, 3.8) is 0 Å². The third-order valence-electron chi connectivity index (χ3n) is 5.84. The summed E-state index contributed by atoms with van der Waals surface area (Å²) >= 11 is 1.66. The van der Waals surface area contributed by atoms with E-state index in [-0.39, 0.29) is 0 Å². The van der Waals surface area contributed by atoms with Crippen molar-refractivity contribution in [2.45, 2.75) is 39.5 Å². The van der Waals surface area contributed by atoms with Crippen LogP contribution in [0, 0.1) is 0 Å². The fourth-order valence-corrected chi connectivity index (χ4v) is 5.26. The summed E-state index contributed by atoms with van der Waals surface area (Å²) < 4.78 is 11.5. The smallest absolute Gasteiger partial charge is 0.163 e. The molecule has 0 radical (unpaired) electrons. The van der Waals surface area contributed by atoms with Crippen molar-refractivity contribution < 1.29 is 9.47 Å². The number of benzene rings is 2. The summed E-state index contributed by atoms with van der Waals surface area (Å²) in [6.07, 6.45) is 6.54. The minimum atomic E-state index is 0.578. The first kappa shape index (κ1) is 20.8. The minimum absolute atomic E-state index is 0.578. The van der Waals surface area contributed by atoms with Crippen molar-refractivity contribution in [2.24, 2.45) is 0 Å². The highest BCUT2D eigenvalue weighted by Gasteiger charge is 2.16. The van der Waals surface area contributed by atoms with E-state index < -0.39 is 0 Å². The topological polar surface area (TPSA) is 56.3 Å². The van der Waals surface area contributed by atoms with Crippen molar-refractivity contribution in [2.75, 3.05) is 18.5 Å². The zero-order valence-corrected chi connectivity index (χ0v) is 19.3. The van der Waals surface area contributed by atoms with Crippen molar-refractivity contribution in [1.82, 2.24) is 9.97 Å². The number of nitrogens with one attached hydrogen (secondary N) is 1. The van der Waals surface area contributed by atoms with Gasteiger partial charge in [-0.3, -0.25) is 0 Å². The Hall–Kier alpha value is -3.12. The number of ether oxygens (including phenoxy) is 2. The molecule has 2 heterocycles. The molecule has 0 bridgehead atoms. The van der Waals surface area contributed by atoms with E-state index >= 15 is 0 Å². The Morgan fingerprint density at radius 3 is 2.56 bits per heavy atom. The Bertz CT molecular complexity index is 1250. The number of rotatable bonds is 7. The fourth-order valence-electron chi connectivity index (χ4n) is 4.35. The number of fused-ring (bicyclic) bond motifs is 2. The lowest BCUT2D eigenvalue weighted by Crippen LogP contribution is -2.02. The van der Waals surface area contributed by atoms with E-state index in [2.05, 4.69) is 38.9 Å². The average Bonchev–Trinajstić information content (AvgIpc) is 3.26. The molecule has 0 unspecified atom stereocenters. The van der Waals surface area contributed by atoms with Crippen molar-refractivity contribution in [3.8, 4) is 22.6 Å². The average molecular weight is 446 g/mol. The van der Waals surface area contributed by atoms with Crippen LogP contribution >= 0.6 is 11.3 Å². The molecule has 5 nitrogen and oxygen atoms in total. The first-order valence-corrected chi connectivity index (χ1v) is 12.2. The van der Waals surface area contributed by atoms with E-state index in [1.807, 2.05) is 32.0 Å². The Morgan fingerprint density at radius 2 is 1.72 bits per heavy atom. The lowest BCUT2D eigenvalue weighted by atomic mass is 9.89. The summed E-state index contributed by atoms with van der Waals surface area (Å²) in [4.78, 5) is 10.1. The molecule has 5 rings (SSSR count). The van der Waals surface area contributed by atoms with E-state index in [4.69, 9.17) is 9.47 Å². The molecule has 1 N–H and O–H groups in total. The first-order valence-electron chi connectivity index (χ1n) is 11.3. The largest absolute Gasteiger partial charge is 0.490 e. The van der Waals surface area contributed by atoms with Gasteiger partial charge < -0.3 is 14.8 Å². The predicted octanol–water partition coefficient (Wildman–Crippen LogP) is 6.78. The molecular weight excluding hydrogens is 418 g/mol. The van der Waals surface area contributed by atoms with Crippen LogP contribution in [0.1, 0.15) is 37.8 Å². The maximum absolute atomic E-state index is 5.79. The number of aryl methyl sites for hydroxylation is 2. The van der Waals surface area contributed by atoms with Gasteiger partial charge in [0.2, 0.25) is 0 Å². The molecule has 0 fully saturated rings. The van der Waals surface area contributed by atoms with Gasteiger partial charge in [-0.1, -0.05) is 18.2 Å². The summed E-state index contributed by atoms with van der Waals surface area (Å²) in [5.74, 6) is 2.28. The van der Waals surface area contributed by atoms with Gasteiger partial charge in [-0.05, 0) is 68.4 Å². The van der Waals surface area contributed by atoms with Gasteiger partial charge in [-0.15, -0.1) is 11.3 Å². The number of nitrogens with zero attached hydrogens (tertiary/aromatic N) is 2. The Kier molecular flexibility index (Phi) is 5.95. The molecule has 0 saturated carbocycles. The normalized spacial score (nSPS) is 13.1. The number of anilines is 2. The number of hydrogen-bond acceptors (Lipinski definition) is 6. The number of hydrogen-bond donors (Lipinski definition) is 1. The van der Waals surface area contributed by atoms with Gasteiger partial charge in [0.05, 0.1) is 18.6 Å². The Labute approximate surface area is 192 Å². The molecule has 2 aromatic heterocycles. The molecule has 0 aliphatic heterocycles. The molecule has 1 aliphatic rings. The maximum atomic E-state index is 5.79. The molecule has 0 atom stereocenters. The summed E-state index contributed by atoms with van der Waals surface area (Å²) in [6, 6.07) is 12.8. The van der Waals surface area contributed by atoms with Crippen LogP contribution in [0.4, 0.5) is 11.5 Å². The maximum Gasteiger partial charge on any atom is 0.163 e. The van der Waals surface area contributed by atoms with E-state index in [0.717, 1.165) is 33.2 Å². The van der Waals surface area contributed by atoms with Crippen LogP contribution in [0.3, 0.4) is 0 Å². The van der Waals surface area contributed by atoms with Gasteiger partial charge in [-0.25, -0.2) is 9.97 Å². The summed E-state index contributed by atoms with van der Waals surface area (Å²) in [7, 11) is 0. The Balaban J connectivity index is 1.53. The zero-order valence-electron chi connectivity index (χ0n) is 18.5. The van der Waals surface area contributed by atoms with Crippen LogP contribution in [0.25, 0.3) is 21.3 Å². The molecule has 0 saturated heterocycles. The molecule has 2 aromatic carbocycles. The van der Waals surface area contributed by atoms with Gasteiger partial charge >= 0.3 is 0 Å². The van der Waals surface area contributed by atoms with E-state index in [0.29, 0.717) is 13.2 Å². The van der Waals surface area contributed by atoms with Gasteiger partial charge in [0, 0.05) is 22.7 Å². The monoisotopic (exact) mass is 445 g/mol. The van der Waals surface area contributed by atoms with Gasteiger partial charge in [0.1, 0.15) is 17.0 Å². The van der Waals surface area contributed by atoms with E-state index in [1.54, 1.807) is 17.7 Å². The predicted molar refractivity (Wildman–Crippen MR) is 132 cm³/mol. The lowest BCUT2D eigenvalue weighted by molar-refractivity contribution is 0.288. The molecule has 164 valence electrons. The second-order valence-corrected chi connectivity index (χ2v) is 8.75. The van der Waals surface area contributed by atoms with Crippen LogP contribution < -0.4 is 14.8 Å². The summed E-state index contributed by atoms with van der Waals surface area (Å²) in [5.41, 5.74) is 6.28. The molecule has 0 amide bonds.